The number of aromatic nitrogens is 1. The number of hydrogen-bond donors (Lipinski definition) is 1. The van der Waals surface area contributed by atoms with Crippen molar-refractivity contribution in [3.63, 3.8) is 0 Å². The normalized spacial score (nSPS) is 10.8. The molecular weight excluding hydrogens is 148 g/mol. The highest BCUT2D eigenvalue weighted by atomic mass is 14.9. The van der Waals surface area contributed by atoms with Crippen molar-refractivity contribution in [1.82, 2.24) is 4.57 Å². The summed E-state index contributed by atoms with van der Waals surface area (Å²) in [5.74, 6) is 0. The number of hydrogen-bond acceptors (Lipinski definition) is 1. The van der Waals surface area contributed by atoms with Crippen LogP contribution in [0.25, 0.3) is 10.9 Å². The van der Waals surface area contributed by atoms with E-state index in [0.717, 1.165) is 5.69 Å². The number of benzene rings is 1. The molecule has 2 N–H and O–H groups in total. The summed E-state index contributed by atoms with van der Waals surface area (Å²) in [6, 6.07) is 8.13. The Balaban J connectivity index is 2.87. The summed E-state index contributed by atoms with van der Waals surface area (Å²) in [4.78, 5) is 0. The fourth-order valence-electron chi connectivity index (χ4n) is 1.51. The first kappa shape index (κ1) is 7.22. The lowest BCUT2D eigenvalue weighted by molar-refractivity contribution is 0.918. The van der Waals surface area contributed by atoms with E-state index in [1.807, 2.05) is 12.1 Å². The van der Waals surface area contributed by atoms with E-state index in [2.05, 4.69) is 30.7 Å². The van der Waals surface area contributed by atoms with Crippen LogP contribution in [0.3, 0.4) is 0 Å². The highest BCUT2D eigenvalue weighted by molar-refractivity contribution is 5.84. The van der Waals surface area contributed by atoms with Crippen LogP contribution in [-0.2, 0) is 7.05 Å². The summed E-state index contributed by atoms with van der Waals surface area (Å²) in [5, 5.41) is 1.22. The smallest absolute Gasteiger partial charge is 0.0481 e. The molecule has 0 bridgehead atoms. The van der Waals surface area contributed by atoms with Crippen LogP contribution in [0.4, 0.5) is 5.69 Å². The van der Waals surface area contributed by atoms with E-state index < -0.39 is 0 Å². The summed E-state index contributed by atoms with van der Waals surface area (Å²) in [6.07, 6.45) is 0. The molecular formula is C10H12N2. The first-order chi connectivity index (χ1) is 5.68. The van der Waals surface area contributed by atoms with Gasteiger partial charge in [0.15, 0.2) is 0 Å². The number of nitrogens with zero attached hydrogens (tertiary/aromatic N) is 1. The second kappa shape index (κ2) is 2.27. The topological polar surface area (TPSA) is 30.9 Å². The molecule has 0 spiro atoms. The van der Waals surface area contributed by atoms with Crippen molar-refractivity contribution in [1.29, 1.82) is 0 Å². The molecule has 1 aromatic carbocycles. The Labute approximate surface area is 71.6 Å². The predicted molar refractivity (Wildman–Crippen MR) is 52.1 cm³/mol. The summed E-state index contributed by atoms with van der Waals surface area (Å²) >= 11 is 0. The third-order valence-electron chi connectivity index (χ3n) is 2.31. The maximum Gasteiger partial charge on any atom is 0.0481 e. The van der Waals surface area contributed by atoms with Crippen LogP contribution in [0.5, 0.6) is 0 Å². The number of nitrogens with two attached hydrogens (primary N) is 1. The largest absolute Gasteiger partial charge is 0.399 e. The van der Waals surface area contributed by atoms with Gasteiger partial charge in [-0.3, -0.25) is 0 Å². The zero-order chi connectivity index (χ0) is 8.72. The molecule has 2 nitrogen and oxygen atoms in total. The third-order valence-corrected chi connectivity index (χ3v) is 2.31. The van der Waals surface area contributed by atoms with Gasteiger partial charge in [0, 0.05) is 29.3 Å². The molecule has 0 aliphatic heterocycles. The van der Waals surface area contributed by atoms with Gasteiger partial charge in [0.1, 0.15) is 0 Å². The van der Waals surface area contributed by atoms with Gasteiger partial charge in [0.05, 0.1) is 0 Å². The van der Waals surface area contributed by atoms with E-state index in [1.165, 1.54) is 16.6 Å². The second-order valence-electron chi connectivity index (χ2n) is 3.16. The van der Waals surface area contributed by atoms with Crippen molar-refractivity contribution in [3.05, 3.63) is 30.0 Å². The van der Waals surface area contributed by atoms with E-state index in [4.69, 9.17) is 5.73 Å². The first-order valence-electron chi connectivity index (χ1n) is 4.00. The van der Waals surface area contributed by atoms with Crippen molar-refractivity contribution in [2.75, 3.05) is 5.73 Å². The highest BCUT2D eigenvalue weighted by Crippen LogP contribution is 2.20. The van der Waals surface area contributed by atoms with Crippen molar-refractivity contribution in [3.8, 4) is 0 Å². The van der Waals surface area contributed by atoms with E-state index in [9.17, 15) is 0 Å². The van der Waals surface area contributed by atoms with Crippen molar-refractivity contribution in [2.45, 2.75) is 6.92 Å². The number of fused-ring (bicyclic) bond motifs is 1. The monoisotopic (exact) mass is 160 g/mol. The van der Waals surface area contributed by atoms with Gasteiger partial charge >= 0.3 is 0 Å². The second-order valence-corrected chi connectivity index (χ2v) is 3.16. The molecule has 0 saturated carbocycles. The first-order valence-corrected chi connectivity index (χ1v) is 4.00. The Morgan fingerprint density at radius 2 is 2.00 bits per heavy atom. The maximum absolute atomic E-state index is 5.67. The molecule has 1 heterocycles. The Bertz CT molecular complexity index is 427. The number of nitrogen functional groups attached to an aromatic ring is 1. The summed E-state index contributed by atoms with van der Waals surface area (Å²) in [7, 11) is 2.06. The van der Waals surface area contributed by atoms with E-state index in [0.29, 0.717) is 0 Å². The zero-order valence-electron chi connectivity index (χ0n) is 7.33. The van der Waals surface area contributed by atoms with Gasteiger partial charge in [-0.25, -0.2) is 0 Å². The molecule has 2 aromatic rings. The Morgan fingerprint density at radius 1 is 1.25 bits per heavy atom. The fraction of sp³-hybridized carbons (Fsp3) is 0.200. The van der Waals surface area contributed by atoms with Crippen LogP contribution in [0.1, 0.15) is 5.69 Å². The molecule has 0 aliphatic rings. The lowest BCUT2D eigenvalue weighted by atomic mass is 10.2. The van der Waals surface area contributed by atoms with Crippen molar-refractivity contribution in [2.24, 2.45) is 7.05 Å². The maximum atomic E-state index is 5.67. The molecule has 0 saturated heterocycles. The van der Waals surface area contributed by atoms with Gasteiger partial charge in [-0.15, -0.1) is 0 Å². The average Bonchev–Trinajstić information content (AvgIpc) is 2.28. The molecule has 1 aromatic heterocycles. The standard InChI is InChI=1S/C10H12N2/c1-7-5-8-6-9(11)3-4-10(8)12(7)2/h3-6H,11H2,1-2H3. The third kappa shape index (κ3) is 0.881. The van der Waals surface area contributed by atoms with Crippen LogP contribution in [-0.4, -0.2) is 4.57 Å². The van der Waals surface area contributed by atoms with Crippen molar-refractivity contribution < 1.29 is 0 Å². The lowest BCUT2D eigenvalue weighted by Gasteiger charge is -1.98. The fourth-order valence-corrected chi connectivity index (χ4v) is 1.51. The number of rotatable bonds is 0. The molecule has 0 atom stereocenters. The van der Waals surface area contributed by atoms with Crippen LogP contribution in [0.15, 0.2) is 24.3 Å². The lowest BCUT2D eigenvalue weighted by Crippen LogP contribution is -1.89. The van der Waals surface area contributed by atoms with Crippen LogP contribution in [0.2, 0.25) is 0 Å². The minimum Gasteiger partial charge on any atom is -0.399 e. The van der Waals surface area contributed by atoms with Gasteiger partial charge in [-0.2, -0.15) is 0 Å². The van der Waals surface area contributed by atoms with Gasteiger partial charge in [0.25, 0.3) is 0 Å². The minimum absolute atomic E-state index is 0.827. The number of aryl methyl sites for hydroxylation is 2. The molecule has 62 valence electrons. The van der Waals surface area contributed by atoms with E-state index in [-0.39, 0.29) is 0 Å². The van der Waals surface area contributed by atoms with Crippen LogP contribution in [0, 0.1) is 6.92 Å². The molecule has 0 radical (unpaired) electrons. The SMILES string of the molecule is Cc1cc2cc(N)ccc2n1C. The van der Waals surface area contributed by atoms with E-state index in [1.54, 1.807) is 0 Å². The van der Waals surface area contributed by atoms with E-state index >= 15 is 0 Å². The summed E-state index contributed by atoms with van der Waals surface area (Å²) in [6.45, 7) is 2.09. The van der Waals surface area contributed by atoms with Gasteiger partial charge < -0.3 is 10.3 Å². The number of anilines is 1. The average molecular weight is 160 g/mol. The Morgan fingerprint density at radius 3 is 2.75 bits per heavy atom. The van der Waals surface area contributed by atoms with Gasteiger partial charge in [-0.05, 0) is 31.2 Å². The molecule has 0 fully saturated rings. The quantitative estimate of drug-likeness (QED) is 0.587. The molecule has 0 unspecified atom stereocenters. The van der Waals surface area contributed by atoms with Crippen LogP contribution < -0.4 is 5.73 Å². The molecule has 2 heteroatoms. The van der Waals surface area contributed by atoms with Crippen molar-refractivity contribution >= 4 is 16.6 Å². The minimum atomic E-state index is 0.827. The van der Waals surface area contributed by atoms with Crippen LogP contribution >= 0.6 is 0 Å². The van der Waals surface area contributed by atoms with Gasteiger partial charge in [0.2, 0.25) is 0 Å². The predicted octanol–water partition coefficient (Wildman–Crippen LogP) is 2.07. The van der Waals surface area contributed by atoms with Gasteiger partial charge in [-0.1, -0.05) is 0 Å². The summed E-state index contributed by atoms with van der Waals surface area (Å²) in [5.41, 5.74) is 9.00. The summed E-state index contributed by atoms with van der Waals surface area (Å²) < 4.78 is 2.16. The highest BCUT2D eigenvalue weighted by Gasteiger charge is 2.00. The zero-order valence-corrected chi connectivity index (χ0v) is 7.33. The molecule has 0 amide bonds. The Kier molecular flexibility index (Phi) is 1.37. The Hall–Kier alpha value is -1.44. The molecule has 12 heavy (non-hydrogen) atoms. The molecule has 0 aliphatic carbocycles. The molecule has 2 rings (SSSR count).